The molecule has 0 aliphatic carbocycles. The molecule has 46 heavy (non-hydrogen) atoms. The maximum absolute atomic E-state index is 10.3. The van der Waals surface area contributed by atoms with Crippen LogP contribution < -0.4 is 11.5 Å². The van der Waals surface area contributed by atoms with Crippen molar-refractivity contribution in [3.8, 4) is 5.40 Å². The Labute approximate surface area is 295 Å². The standard InChI is InChI=1S/C7H3ClN2O2S.C7H6ClNO2S.C7H8ClNS.C6H5ClN2O2/c8-6-2-1-5(10(11)12)3-7(6)13-4-9;1-12-7-4-5(9(10)11)2-3-6(7)8;1-10-7-4-5(9)2-3-6(7)8;7-5-2-1-4(9(10)11)3-6(5)8/h1-3H;2-4H,1H3;2-4H,9H2,1H3;1-3H,8H2. The van der Waals surface area contributed by atoms with Crippen molar-refractivity contribution in [1.29, 1.82) is 5.26 Å². The van der Waals surface area contributed by atoms with Crippen LogP contribution >= 0.6 is 81.7 Å². The molecule has 242 valence electrons. The Balaban J connectivity index is 0.000000308. The number of anilines is 2. The Kier molecular flexibility index (Phi) is 18.0. The molecule has 0 bridgehead atoms. The van der Waals surface area contributed by atoms with Gasteiger partial charge in [-0.2, -0.15) is 5.26 Å². The van der Waals surface area contributed by atoms with Gasteiger partial charge >= 0.3 is 0 Å². The number of benzene rings is 4. The van der Waals surface area contributed by atoms with E-state index in [0.29, 0.717) is 20.0 Å². The zero-order valence-electron chi connectivity index (χ0n) is 23.6. The SMILES string of the molecule is CSc1cc(N)ccc1Cl.CSc1cc([N+](=O)[O-])ccc1Cl.N#CSc1cc([N+](=O)[O-])ccc1Cl.Nc1cc([N+](=O)[O-])ccc1Cl. The van der Waals surface area contributed by atoms with Crippen molar-refractivity contribution in [3.05, 3.63) is 123 Å². The van der Waals surface area contributed by atoms with Crippen LogP contribution in [0.1, 0.15) is 0 Å². The van der Waals surface area contributed by atoms with Gasteiger partial charge in [-0.05, 0) is 60.7 Å². The van der Waals surface area contributed by atoms with Crippen molar-refractivity contribution in [3.63, 3.8) is 0 Å². The molecule has 0 saturated heterocycles. The highest BCUT2D eigenvalue weighted by molar-refractivity contribution is 8.03. The Morgan fingerprint density at radius 3 is 1.37 bits per heavy atom. The number of hydrogen-bond donors (Lipinski definition) is 2. The Bertz CT molecular complexity index is 1750. The number of nitrogen functional groups attached to an aromatic ring is 2. The first-order valence-corrected chi connectivity index (χ1v) is 16.7. The van der Waals surface area contributed by atoms with Gasteiger partial charge in [0.25, 0.3) is 17.1 Å². The average molecular weight is 765 g/mol. The fraction of sp³-hybridized carbons (Fsp3) is 0.0741. The molecule has 4 rings (SSSR count). The number of thioether (sulfide) groups is 3. The van der Waals surface area contributed by atoms with Crippen LogP contribution in [0.25, 0.3) is 0 Å². The maximum Gasteiger partial charge on any atom is 0.271 e. The van der Waals surface area contributed by atoms with Crippen molar-refractivity contribution in [2.45, 2.75) is 14.7 Å². The smallest absolute Gasteiger partial charge is 0.271 e. The van der Waals surface area contributed by atoms with E-state index in [1.807, 2.05) is 24.6 Å². The number of nitrogens with two attached hydrogens (primary N) is 2. The van der Waals surface area contributed by atoms with Gasteiger partial charge in [-0.1, -0.05) is 46.4 Å². The molecule has 0 heterocycles. The number of nitrogens with zero attached hydrogens (tertiary/aromatic N) is 4. The molecule has 0 spiro atoms. The number of non-ortho nitro benzene ring substituents is 3. The van der Waals surface area contributed by atoms with Gasteiger partial charge in [-0.15, -0.1) is 23.5 Å². The molecule has 12 nitrogen and oxygen atoms in total. The third-order valence-electron chi connectivity index (χ3n) is 4.99. The van der Waals surface area contributed by atoms with Crippen LogP contribution in [0.5, 0.6) is 0 Å². The summed E-state index contributed by atoms with van der Waals surface area (Å²) in [5.74, 6) is 0. The van der Waals surface area contributed by atoms with Crippen LogP contribution in [0, 0.1) is 41.0 Å². The highest BCUT2D eigenvalue weighted by Gasteiger charge is 2.10. The summed E-state index contributed by atoms with van der Waals surface area (Å²) >= 11 is 26.6. The summed E-state index contributed by atoms with van der Waals surface area (Å²) in [7, 11) is 0. The van der Waals surface area contributed by atoms with E-state index in [1.54, 1.807) is 23.2 Å². The third-order valence-corrected chi connectivity index (χ3v) is 8.87. The molecule has 0 amide bonds. The quantitative estimate of drug-likeness (QED) is 0.0618. The van der Waals surface area contributed by atoms with Crippen LogP contribution in [0.4, 0.5) is 28.4 Å². The first-order valence-electron chi connectivity index (χ1n) is 11.9. The summed E-state index contributed by atoms with van der Waals surface area (Å²) in [4.78, 5) is 31.5. The molecule has 4 aromatic rings. The summed E-state index contributed by atoms with van der Waals surface area (Å²) in [5.41, 5.74) is 11.8. The number of nitro benzene ring substituents is 3. The molecule has 0 atom stereocenters. The van der Waals surface area contributed by atoms with E-state index < -0.39 is 14.8 Å². The molecule has 4 N–H and O–H groups in total. The molecular weight excluding hydrogens is 742 g/mol. The van der Waals surface area contributed by atoms with E-state index in [0.717, 1.165) is 32.3 Å². The second kappa shape index (κ2) is 20.5. The van der Waals surface area contributed by atoms with Crippen molar-refractivity contribution in [2.24, 2.45) is 0 Å². The lowest BCUT2D eigenvalue weighted by atomic mass is 10.3. The molecule has 19 heteroatoms. The van der Waals surface area contributed by atoms with E-state index in [2.05, 4.69) is 0 Å². The van der Waals surface area contributed by atoms with E-state index in [-0.39, 0.29) is 22.7 Å². The Morgan fingerprint density at radius 1 is 0.609 bits per heavy atom. The van der Waals surface area contributed by atoms with Gasteiger partial charge in [-0.25, -0.2) is 0 Å². The zero-order chi connectivity index (χ0) is 35.0. The number of rotatable bonds is 6. The molecule has 0 unspecified atom stereocenters. The molecular formula is C27H22Cl4N6O6S3. The zero-order valence-corrected chi connectivity index (χ0v) is 29.0. The minimum absolute atomic E-state index is 0.0492. The monoisotopic (exact) mass is 762 g/mol. The molecule has 0 radical (unpaired) electrons. The third kappa shape index (κ3) is 13.8. The number of halogens is 4. The summed E-state index contributed by atoms with van der Waals surface area (Å²) in [6.45, 7) is 0. The topological polar surface area (TPSA) is 205 Å². The molecule has 0 aliphatic rings. The lowest BCUT2D eigenvalue weighted by molar-refractivity contribution is -0.385. The Morgan fingerprint density at radius 2 is 0.978 bits per heavy atom. The maximum atomic E-state index is 10.3. The number of thiocyanates is 1. The number of nitriles is 1. The van der Waals surface area contributed by atoms with Crippen molar-refractivity contribution < 1.29 is 14.8 Å². The number of nitro groups is 3. The molecule has 0 fully saturated rings. The number of hydrogen-bond acceptors (Lipinski definition) is 12. The average Bonchev–Trinajstić information content (AvgIpc) is 3.01. The molecule has 4 aromatic carbocycles. The van der Waals surface area contributed by atoms with Crippen LogP contribution in [0.2, 0.25) is 20.1 Å². The van der Waals surface area contributed by atoms with E-state index in [4.69, 9.17) is 63.1 Å². The fourth-order valence-corrected chi connectivity index (χ4v) is 5.33. The fourth-order valence-electron chi connectivity index (χ4n) is 2.82. The van der Waals surface area contributed by atoms with Gasteiger partial charge < -0.3 is 11.5 Å². The first-order chi connectivity index (χ1) is 21.6. The van der Waals surface area contributed by atoms with E-state index in [1.165, 1.54) is 66.4 Å². The van der Waals surface area contributed by atoms with Gasteiger partial charge in [0.05, 0.1) is 40.5 Å². The lowest BCUT2D eigenvalue weighted by Gasteiger charge is -1.99. The molecule has 0 aromatic heterocycles. The summed E-state index contributed by atoms with van der Waals surface area (Å²) < 4.78 is 0. The normalized spacial score (nSPS) is 9.59. The highest BCUT2D eigenvalue weighted by Crippen LogP contribution is 2.31. The second-order valence-electron chi connectivity index (χ2n) is 8.00. The van der Waals surface area contributed by atoms with Crippen LogP contribution in [-0.4, -0.2) is 27.3 Å². The predicted octanol–water partition coefficient (Wildman–Crippen LogP) is 10.3. The van der Waals surface area contributed by atoms with Crippen molar-refractivity contribution >= 4 is 110 Å². The van der Waals surface area contributed by atoms with Crippen LogP contribution in [-0.2, 0) is 0 Å². The minimum Gasteiger partial charge on any atom is -0.399 e. The van der Waals surface area contributed by atoms with Crippen molar-refractivity contribution in [1.82, 2.24) is 0 Å². The van der Waals surface area contributed by atoms with Crippen LogP contribution in [0.15, 0.2) is 87.5 Å². The van der Waals surface area contributed by atoms with Gasteiger partial charge in [-0.3, -0.25) is 30.3 Å². The van der Waals surface area contributed by atoms with E-state index >= 15 is 0 Å². The van der Waals surface area contributed by atoms with Gasteiger partial charge in [0, 0.05) is 56.8 Å². The second-order valence-corrected chi connectivity index (χ2v) is 12.1. The summed E-state index contributed by atoms with van der Waals surface area (Å²) in [6.07, 6.45) is 3.80. The Hall–Kier alpha value is -3.62. The van der Waals surface area contributed by atoms with Gasteiger partial charge in [0.1, 0.15) is 5.40 Å². The van der Waals surface area contributed by atoms with Crippen LogP contribution in [0.3, 0.4) is 0 Å². The first kappa shape index (κ1) is 40.4. The highest BCUT2D eigenvalue weighted by atomic mass is 35.5. The minimum atomic E-state index is -0.530. The predicted molar refractivity (Wildman–Crippen MR) is 190 cm³/mol. The lowest BCUT2D eigenvalue weighted by Crippen LogP contribution is -1.91. The molecule has 0 aliphatic heterocycles. The van der Waals surface area contributed by atoms with Gasteiger partial charge in [0.15, 0.2) is 0 Å². The van der Waals surface area contributed by atoms with Gasteiger partial charge in [0.2, 0.25) is 0 Å². The van der Waals surface area contributed by atoms with E-state index in [9.17, 15) is 30.3 Å². The molecule has 0 saturated carbocycles. The largest absolute Gasteiger partial charge is 0.399 e. The summed E-state index contributed by atoms with van der Waals surface area (Å²) in [6, 6.07) is 17.8. The van der Waals surface area contributed by atoms with Crippen molar-refractivity contribution in [2.75, 3.05) is 24.0 Å². The summed E-state index contributed by atoms with van der Waals surface area (Å²) in [5, 5.41) is 43.0.